The van der Waals surface area contributed by atoms with Crippen molar-refractivity contribution in [3.05, 3.63) is 65.0 Å². The summed E-state index contributed by atoms with van der Waals surface area (Å²) in [7, 11) is 0. The average molecular weight is 418 g/mol. The number of nitriles is 1. The number of H-pyrrole nitrogens is 1. The lowest BCUT2D eigenvalue weighted by Gasteiger charge is -2.15. The van der Waals surface area contributed by atoms with Crippen LogP contribution in [0.3, 0.4) is 0 Å². The van der Waals surface area contributed by atoms with Gasteiger partial charge >= 0.3 is 6.18 Å². The quantitative estimate of drug-likeness (QED) is 0.631. The predicted molar refractivity (Wildman–Crippen MR) is 101 cm³/mol. The van der Waals surface area contributed by atoms with Gasteiger partial charge in [0.05, 0.1) is 28.2 Å². The lowest BCUT2D eigenvalue weighted by molar-refractivity contribution is -0.137. The lowest BCUT2D eigenvalue weighted by Crippen LogP contribution is -2.24. The zero-order valence-electron chi connectivity index (χ0n) is 15.8. The van der Waals surface area contributed by atoms with Gasteiger partial charge in [0.1, 0.15) is 24.7 Å². The van der Waals surface area contributed by atoms with Gasteiger partial charge in [0.2, 0.25) is 0 Å². The number of imidazole rings is 1. The van der Waals surface area contributed by atoms with Crippen LogP contribution in [0.25, 0.3) is 11.0 Å². The molecule has 1 N–H and O–H groups in total. The van der Waals surface area contributed by atoms with Crippen LogP contribution in [-0.2, 0) is 24.1 Å². The van der Waals surface area contributed by atoms with Crippen LogP contribution in [-0.4, -0.2) is 40.2 Å². The average Bonchev–Trinajstić information content (AvgIpc) is 3.28. The molecule has 5 nitrogen and oxygen atoms in total. The smallest absolute Gasteiger partial charge is 0.366 e. The maximum absolute atomic E-state index is 14.4. The summed E-state index contributed by atoms with van der Waals surface area (Å²) in [6.07, 6.45) is -6.26. The van der Waals surface area contributed by atoms with Gasteiger partial charge in [-0.05, 0) is 35.9 Å². The number of hydrogen-bond acceptors (Lipinski definition) is 4. The number of nitrogens with one attached hydrogen (secondary N) is 1. The molecule has 1 aromatic heterocycles. The van der Waals surface area contributed by atoms with E-state index < -0.39 is 24.0 Å². The van der Waals surface area contributed by atoms with Crippen LogP contribution < -0.4 is 0 Å². The summed E-state index contributed by atoms with van der Waals surface area (Å²) >= 11 is 0. The third-order valence-electron chi connectivity index (χ3n) is 5.06. The van der Waals surface area contributed by atoms with Crippen LogP contribution in [0.5, 0.6) is 0 Å². The highest BCUT2D eigenvalue weighted by Crippen LogP contribution is 2.31. The first-order chi connectivity index (χ1) is 14.3. The summed E-state index contributed by atoms with van der Waals surface area (Å²) in [5.74, 6) is 0.349. The van der Waals surface area contributed by atoms with E-state index in [2.05, 4.69) is 16.0 Å². The molecular weight excluding hydrogens is 400 g/mol. The van der Waals surface area contributed by atoms with Gasteiger partial charge in [-0.25, -0.2) is 9.37 Å². The zero-order chi connectivity index (χ0) is 21.3. The SMILES string of the molecule is N#Cc1ccc(CN2CC(F)C(OCc3nc4ccc(C(F)(F)F)cc4[nH]3)C2)cc1. The van der Waals surface area contributed by atoms with Crippen molar-refractivity contribution in [2.75, 3.05) is 13.1 Å². The number of fused-ring (bicyclic) bond motifs is 1. The molecule has 0 spiro atoms. The zero-order valence-corrected chi connectivity index (χ0v) is 15.8. The third kappa shape index (κ3) is 4.45. The molecule has 0 aliphatic carbocycles. The highest BCUT2D eigenvalue weighted by molar-refractivity contribution is 5.76. The number of hydrogen-bond donors (Lipinski definition) is 1. The fourth-order valence-corrected chi connectivity index (χ4v) is 3.53. The number of halogens is 4. The molecule has 2 unspecified atom stereocenters. The summed E-state index contributed by atoms with van der Waals surface area (Å²) in [5.41, 5.74) is 1.43. The first-order valence-electron chi connectivity index (χ1n) is 9.35. The minimum Gasteiger partial charge on any atom is -0.366 e. The number of ether oxygens (including phenoxy) is 1. The number of alkyl halides is 4. The molecule has 30 heavy (non-hydrogen) atoms. The molecule has 2 atom stereocenters. The minimum absolute atomic E-state index is 0.0220. The van der Waals surface area contributed by atoms with E-state index in [1.807, 2.05) is 17.0 Å². The Labute approximate surface area is 169 Å². The standard InChI is InChI=1S/C21H18F4N4O/c22-16-10-29(9-14-3-1-13(8-26)2-4-14)11-19(16)30-12-20-27-17-6-5-15(21(23,24)25)7-18(17)28-20/h1-7,16,19H,9-12H2,(H,27,28). The van der Waals surface area contributed by atoms with Gasteiger partial charge in [-0.3, -0.25) is 4.90 Å². The number of nitrogens with zero attached hydrogens (tertiary/aromatic N) is 3. The maximum atomic E-state index is 14.4. The lowest BCUT2D eigenvalue weighted by atomic mass is 10.1. The van der Waals surface area contributed by atoms with E-state index in [4.69, 9.17) is 10.00 Å². The molecule has 0 radical (unpaired) electrons. The van der Waals surface area contributed by atoms with Crippen LogP contribution in [0.15, 0.2) is 42.5 Å². The molecule has 2 heterocycles. The molecule has 0 amide bonds. The molecule has 1 fully saturated rings. The summed E-state index contributed by atoms with van der Waals surface area (Å²) in [6.45, 7) is 1.13. The van der Waals surface area contributed by atoms with Crippen molar-refractivity contribution in [1.29, 1.82) is 5.26 Å². The van der Waals surface area contributed by atoms with E-state index in [0.717, 1.165) is 17.7 Å². The molecule has 4 rings (SSSR count). The van der Waals surface area contributed by atoms with Crippen LogP contribution in [0.1, 0.15) is 22.5 Å². The van der Waals surface area contributed by atoms with Crippen molar-refractivity contribution in [3.8, 4) is 6.07 Å². The molecule has 0 saturated carbocycles. The van der Waals surface area contributed by atoms with Gasteiger partial charge in [0.15, 0.2) is 0 Å². The fraction of sp³-hybridized carbons (Fsp3) is 0.333. The molecule has 0 bridgehead atoms. The Morgan fingerprint density at radius 3 is 2.63 bits per heavy atom. The Bertz CT molecular complexity index is 1070. The first-order valence-corrected chi connectivity index (χ1v) is 9.35. The molecule has 2 aromatic carbocycles. The second kappa shape index (κ2) is 8.05. The number of likely N-dealkylation sites (tertiary alicyclic amines) is 1. The Morgan fingerprint density at radius 1 is 1.17 bits per heavy atom. The fourth-order valence-electron chi connectivity index (χ4n) is 3.53. The van der Waals surface area contributed by atoms with Gasteiger partial charge < -0.3 is 9.72 Å². The molecule has 9 heteroatoms. The molecular formula is C21H18F4N4O. The molecule has 1 aliphatic rings. The number of benzene rings is 2. The van der Waals surface area contributed by atoms with Gasteiger partial charge in [-0.1, -0.05) is 12.1 Å². The molecule has 156 valence electrons. The highest BCUT2D eigenvalue weighted by atomic mass is 19.4. The van der Waals surface area contributed by atoms with E-state index in [9.17, 15) is 17.6 Å². The van der Waals surface area contributed by atoms with Crippen molar-refractivity contribution in [1.82, 2.24) is 14.9 Å². The highest BCUT2D eigenvalue weighted by Gasteiger charge is 2.34. The van der Waals surface area contributed by atoms with Gasteiger partial charge in [0.25, 0.3) is 0 Å². The second-order valence-electron chi connectivity index (χ2n) is 7.28. The van der Waals surface area contributed by atoms with Crippen LogP contribution in [0.4, 0.5) is 17.6 Å². The van der Waals surface area contributed by atoms with Crippen LogP contribution in [0, 0.1) is 11.3 Å². The van der Waals surface area contributed by atoms with Gasteiger partial charge in [-0.2, -0.15) is 18.4 Å². The second-order valence-corrected chi connectivity index (χ2v) is 7.28. The predicted octanol–water partition coefficient (Wildman–Crippen LogP) is 4.19. The van der Waals surface area contributed by atoms with Crippen molar-refractivity contribution in [2.24, 2.45) is 0 Å². The monoisotopic (exact) mass is 418 g/mol. The number of rotatable bonds is 5. The van der Waals surface area contributed by atoms with Crippen molar-refractivity contribution in [2.45, 2.75) is 31.6 Å². The van der Waals surface area contributed by atoms with E-state index in [0.29, 0.717) is 30.0 Å². The Kier molecular flexibility index (Phi) is 5.45. The Balaban J connectivity index is 1.36. The van der Waals surface area contributed by atoms with Crippen LogP contribution in [0.2, 0.25) is 0 Å². The van der Waals surface area contributed by atoms with Gasteiger partial charge in [0, 0.05) is 19.6 Å². The molecule has 1 saturated heterocycles. The van der Waals surface area contributed by atoms with Crippen molar-refractivity contribution < 1.29 is 22.3 Å². The molecule has 1 aliphatic heterocycles. The number of aromatic amines is 1. The van der Waals surface area contributed by atoms with E-state index >= 15 is 0 Å². The molecule has 3 aromatic rings. The first kappa shape index (κ1) is 20.3. The Hall–Kier alpha value is -2.96. The number of aromatic nitrogens is 2. The van der Waals surface area contributed by atoms with E-state index in [1.54, 1.807) is 12.1 Å². The maximum Gasteiger partial charge on any atom is 0.416 e. The summed E-state index contributed by atoms with van der Waals surface area (Å²) in [4.78, 5) is 8.95. The van der Waals surface area contributed by atoms with Crippen molar-refractivity contribution in [3.63, 3.8) is 0 Å². The summed E-state index contributed by atoms with van der Waals surface area (Å²) < 4.78 is 58.5. The third-order valence-corrected chi connectivity index (χ3v) is 5.06. The van der Waals surface area contributed by atoms with Crippen LogP contribution >= 0.6 is 0 Å². The minimum atomic E-state index is -4.43. The summed E-state index contributed by atoms with van der Waals surface area (Å²) in [6, 6.07) is 12.4. The Morgan fingerprint density at radius 2 is 1.93 bits per heavy atom. The van der Waals surface area contributed by atoms with Gasteiger partial charge in [-0.15, -0.1) is 0 Å². The topological polar surface area (TPSA) is 64.9 Å². The normalized spacial score (nSPS) is 20.0. The van der Waals surface area contributed by atoms with Crippen molar-refractivity contribution >= 4 is 11.0 Å². The largest absolute Gasteiger partial charge is 0.416 e. The van der Waals surface area contributed by atoms with E-state index in [1.165, 1.54) is 6.07 Å². The van der Waals surface area contributed by atoms with E-state index in [-0.39, 0.29) is 18.7 Å². The summed E-state index contributed by atoms with van der Waals surface area (Å²) in [5, 5.41) is 8.85.